The van der Waals surface area contributed by atoms with Crippen molar-refractivity contribution >= 4 is 0 Å². The predicted octanol–water partition coefficient (Wildman–Crippen LogP) is 2.64. The molecule has 0 saturated carbocycles. The minimum Gasteiger partial charge on any atom is -0.493 e. The smallest absolute Gasteiger partial charge is 0.330 e. The summed E-state index contributed by atoms with van der Waals surface area (Å²) in [7, 11) is 1.66. The van der Waals surface area contributed by atoms with E-state index in [1.54, 1.807) is 7.05 Å². The van der Waals surface area contributed by atoms with Crippen molar-refractivity contribution in [1.29, 1.82) is 0 Å². The van der Waals surface area contributed by atoms with Gasteiger partial charge in [-0.3, -0.25) is 9.13 Å². The molecule has 1 heterocycles. The fraction of sp³-hybridized carbons (Fsp3) is 0.769. The van der Waals surface area contributed by atoms with Gasteiger partial charge in [-0.2, -0.15) is 0 Å². The number of unbranched alkanes of at least 4 members (excludes halogenated alkanes) is 6. The van der Waals surface area contributed by atoms with Crippen LogP contribution >= 0.6 is 0 Å². The standard InChI is InChI=1S/C13H24N2O2/c1-3-4-5-6-7-8-9-10-15-12(16)11-14(2)13(15)17/h11,16H,3-10H2,1-2H3. The average molecular weight is 240 g/mol. The van der Waals surface area contributed by atoms with Crippen molar-refractivity contribution in [3.05, 3.63) is 16.7 Å². The molecule has 0 amide bonds. The van der Waals surface area contributed by atoms with E-state index in [0.717, 1.165) is 12.8 Å². The van der Waals surface area contributed by atoms with Crippen molar-refractivity contribution in [2.45, 2.75) is 58.4 Å². The SMILES string of the molecule is CCCCCCCCCn1c(O)cn(C)c1=O. The molecule has 1 aromatic heterocycles. The third-order valence-corrected chi connectivity index (χ3v) is 3.10. The second kappa shape index (κ2) is 7.20. The molecular formula is C13H24N2O2. The molecule has 98 valence electrons. The van der Waals surface area contributed by atoms with Crippen LogP contribution in [0.25, 0.3) is 0 Å². The zero-order valence-electron chi connectivity index (χ0n) is 11.0. The van der Waals surface area contributed by atoms with Gasteiger partial charge in [-0.25, -0.2) is 4.79 Å². The highest BCUT2D eigenvalue weighted by Gasteiger charge is 2.06. The summed E-state index contributed by atoms with van der Waals surface area (Å²) in [6.07, 6.45) is 9.96. The maximum atomic E-state index is 11.6. The van der Waals surface area contributed by atoms with Gasteiger partial charge >= 0.3 is 5.69 Å². The van der Waals surface area contributed by atoms with Crippen molar-refractivity contribution in [3.63, 3.8) is 0 Å². The zero-order valence-corrected chi connectivity index (χ0v) is 11.0. The molecule has 0 aromatic carbocycles. The molecule has 4 heteroatoms. The molecule has 1 rings (SSSR count). The van der Waals surface area contributed by atoms with Crippen molar-refractivity contribution in [1.82, 2.24) is 9.13 Å². The first-order chi connectivity index (χ1) is 8.16. The van der Waals surface area contributed by atoms with Gasteiger partial charge in [-0.05, 0) is 6.42 Å². The van der Waals surface area contributed by atoms with Crippen LogP contribution in [0, 0.1) is 0 Å². The summed E-state index contributed by atoms with van der Waals surface area (Å²) in [5.74, 6) is 0.0727. The number of imidazole rings is 1. The van der Waals surface area contributed by atoms with Gasteiger partial charge in [0.15, 0.2) is 0 Å². The van der Waals surface area contributed by atoms with Crippen LogP contribution in [0.1, 0.15) is 51.9 Å². The van der Waals surface area contributed by atoms with E-state index in [-0.39, 0.29) is 11.6 Å². The Morgan fingerprint density at radius 1 is 1.12 bits per heavy atom. The number of aryl methyl sites for hydroxylation is 1. The Hall–Kier alpha value is -1.19. The van der Waals surface area contributed by atoms with Crippen LogP contribution < -0.4 is 5.69 Å². The Kier molecular flexibility index (Phi) is 5.87. The van der Waals surface area contributed by atoms with Crippen molar-refractivity contribution in [3.8, 4) is 5.88 Å². The average Bonchev–Trinajstić information content (AvgIpc) is 2.54. The van der Waals surface area contributed by atoms with E-state index in [2.05, 4.69) is 6.92 Å². The van der Waals surface area contributed by atoms with Gasteiger partial charge < -0.3 is 5.11 Å². The number of hydrogen-bond acceptors (Lipinski definition) is 2. The van der Waals surface area contributed by atoms with Crippen LogP contribution in [0.2, 0.25) is 0 Å². The van der Waals surface area contributed by atoms with E-state index in [1.165, 1.54) is 47.4 Å². The molecule has 1 aromatic rings. The first kappa shape index (κ1) is 13.9. The fourth-order valence-electron chi connectivity index (χ4n) is 2.02. The van der Waals surface area contributed by atoms with Gasteiger partial charge in [0.05, 0.1) is 6.20 Å². The largest absolute Gasteiger partial charge is 0.493 e. The van der Waals surface area contributed by atoms with Crippen LogP contribution in [0.15, 0.2) is 11.0 Å². The molecule has 0 aliphatic rings. The molecule has 0 unspecified atom stereocenters. The summed E-state index contributed by atoms with van der Waals surface area (Å²) in [6, 6.07) is 0. The van der Waals surface area contributed by atoms with E-state index in [0.29, 0.717) is 6.54 Å². The molecule has 17 heavy (non-hydrogen) atoms. The summed E-state index contributed by atoms with van der Waals surface area (Å²) < 4.78 is 2.85. The second-order valence-corrected chi connectivity index (χ2v) is 4.65. The predicted molar refractivity (Wildman–Crippen MR) is 69.3 cm³/mol. The maximum absolute atomic E-state index is 11.6. The van der Waals surface area contributed by atoms with Gasteiger partial charge in [0, 0.05) is 13.6 Å². The highest BCUT2D eigenvalue weighted by molar-refractivity contribution is 5.04. The lowest BCUT2D eigenvalue weighted by molar-refractivity contribution is 0.405. The Morgan fingerprint density at radius 3 is 2.24 bits per heavy atom. The summed E-state index contributed by atoms with van der Waals surface area (Å²) >= 11 is 0. The maximum Gasteiger partial charge on any atom is 0.330 e. The Labute approximate surface area is 103 Å². The van der Waals surface area contributed by atoms with Crippen molar-refractivity contribution in [2.75, 3.05) is 0 Å². The van der Waals surface area contributed by atoms with Crippen LogP contribution in [0.4, 0.5) is 0 Å². The molecule has 0 bridgehead atoms. The van der Waals surface area contributed by atoms with E-state index in [4.69, 9.17) is 0 Å². The van der Waals surface area contributed by atoms with Crippen molar-refractivity contribution < 1.29 is 5.11 Å². The molecule has 0 aliphatic heterocycles. The zero-order chi connectivity index (χ0) is 12.7. The van der Waals surface area contributed by atoms with Gasteiger partial charge in [0.1, 0.15) is 0 Å². The quantitative estimate of drug-likeness (QED) is 0.710. The van der Waals surface area contributed by atoms with Gasteiger partial charge in [0.2, 0.25) is 5.88 Å². The Bertz CT molecular complexity index is 379. The lowest BCUT2D eigenvalue weighted by Crippen LogP contribution is -2.22. The summed E-state index contributed by atoms with van der Waals surface area (Å²) in [5, 5.41) is 9.53. The summed E-state index contributed by atoms with van der Waals surface area (Å²) in [6.45, 7) is 2.84. The number of nitrogens with zero attached hydrogens (tertiary/aromatic N) is 2. The van der Waals surface area contributed by atoms with Gasteiger partial charge in [-0.15, -0.1) is 0 Å². The Morgan fingerprint density at radius 2 is 1.71 bits per heavy atom. The monoisotopic (exact) mass is 240 g/mol. The molecule has 4 nitrogen and oxygen atoms in total. The molecule has 0 radical (unpaired) electrons. The molecular weight excluding hydrogens is 216 g/mol. The minimum atomic E-state index is -0.131. The van der Waals surface area contributed by atoms with Crippen LogP contribution in [-0.4, -0.2) is 14.2 Å². The molecule has 0 atom stereocenters. The highest BCUT2D eigenvalue weighted by Crippen LogP contribution is 2.10. The lowest BCUT2D eigenvalue weighted by atomic mass is 10.1. The second-order valence-electron chi connectivity index (χ2n) is 4.65. The highest BCUT2D eigenvalue weighted by atomic mass is 16.3. The molecule has 0 spiro atoms. The number of hydrogen-bond donors (Lipinski definition) is 1. The number of rotatable bonds is 8. The number of aromatic hydroxyl groups is 1. The van der Waals surface area contributed by atoms with E-state index < -0.39 is 0 Å². The molecule has 0 aliphatic carbocycles. The van der Waals surface area contributed by atoms with E-state index in [1.807, 2.05) is 0 Å². The third-order valence-electron chi connectivity index (χ3n) is 3.10. The van der Waals surface area contributed by atoms with E-state index >= 15 is 0 Å². The first-order valence-corrected chi connectivity index (χ1v) is 6.62. The molecule has 1 N–H and O–H groups in total. The fourth-order valence-corrected chi connectivity index (χ4v) is 2.02. The van der Waals surface area contributed by atoms with E-state index in [9.17, 15) is 9.90 Å². The molecule has 0 saturated heterocycles. The van der Waals surface area contributed by atoms with Gasteiger partial charge in [0.25, 0.3) is 0 Å². The third kappa shape index (κ3) is 4.29. The van der Waals surface area contributed by atoms with Crippen LogP contribution in [0.3, 0.4) is 0 Å². The topological polar surface area (TPSA) is 47.2 Å². The summed E-state index contributed by atoms with van der Waals surface area (Å²) in [5.41, 5.74) is -0.131. The van der Waals surface area contributed by atoms with Gasteiger partial charge in [-0.1, -0.05) is 45.4 Å². The minimum absolute atomic E-state index is 0.0727. The Balaban J connectivity index is 2.20. The number of aromatic nitrogens is 2. The first-order valence-electron chi connectivity index (χ1n) is 6.62. The normalized spacial score (nSPS) is 10.9. The lowest BCUT2D eigenvalue weighted by Gasteiger charge is -2.03. The van der Waals surface area contributed by atoms with Crippen LogP contribution in [0.5, 0.6) is 5.88 Å². The van der Waals surface area contributed by atoms with Crippen LogP contribution in [-0.2, 0) is 13.6 Å². The molecule has 0 fully saturated rings. The summed E-state index contributed by atoms with van der Waals surface area (Å²) in [4.78, 5) is 11.6. The van der Waals surface area contributed by atoms with Crippen molar-refractivity contribution in [2.24, 2.45) is 7.05 Å².